The highest BCUT2D eigenvalue weighted by Crippen LogP contribution is 2.33. The van der Waals surface area contributed by atoms with E-state index in [0.29, 0.717) is 24.3 Å². The highest BCUT2D eigenvalue weighted by molar-refractivity contribution is 6.30. The zero-order valence-corrected chi connectivity index (χ0v) is 17.6. The van der Waals surface area contributed by atoms with Crippen molar-refractivity contribution in [2.24, 2.45) is 0 Å². The minimum Gasteiger partial charge on any atom is -0.350 e. The topological polar surface area (TPSA) is 54.3 Å². The average molecular weight is 414 g/mol. The summed E-state index contributed by atoms with van der Waals surface area (Å²) in [6.07, 6.45) is 6.12. The molecule has 0 spiro atoms. The number of carbonyl (C=O) groups excluding carboxylic acids is 2. The first kappa shape index (κ1) is 20.0. The second-order valence-corrected chi connectivity index (χ2v) is 8.71. The minimum atomic E-state index is -0.349. The average Bonchev–Trinajstić information content (AvgIpc) is 3.34. The lowest BCUT2D eigenvalue weighted by Crippen LogP contribution is -2.46. The number of nitrogens with one attached hydrogen (secondary N) is 1. The Morgan fingerprint density at radius 3 is 2.72 bits per heavy atom. The molecule has 2 amide bonds. The first-order valence-electron chi connectivity index (χ1n) is 10.5. The number of hydrogen-bond acceptors (Lipinski definition) is 2. The fourth-order valence-electron chi connectivity index (χ4n) is 4.86. The van der Waals surface area contributed by atoms with Crippen molar-refractivity contribution in [3.8, 4) is 0 Å². The van der Waals surface area contributed by atoms with Crippen LogP contribution in [0.4, 0.5) is 0 Å². The lowest BCUT2D eigenvalue weighted by atomic mass is 9.84. The van der Waals surface area contributed by atoms with Gasteiger partial charge in [0.2, 0.25) is 11.8 Å². The highest BCUT2D eigenvalue weighted by Gasteiger charge is 2.39. The van der Waals surface area contributed by atoms with Gasteiger partial charge in [-0.1, -0.05) is 30.7 Å². The van der Waals surface area contributed by atoms with Crippen molar-refractivity contribution >= 4 is 23.4 Å². The summed E-state index contributed by atoms with van der Waals surface area (Å²) in [5.41, 5.74) is 2.00. The summed E-state index contributed by atoms with van der Waals surface area (Å²) in [6, 6.07) is 12.1. The Morgan fingerprint density at radius 1 is 1.24 bits per heavy atom. The molecule has 6 heteroatoms. The Bertz CT molecular complexity index is 892. The van der Waals surface area contributed by atoms with Crippen LogP contribution >= 0.6 is 11.6 Å². The van der Waals surface area contributed by atoms with Crippen molar-refractivity contribution in [3.05, 3.63) is 58.9 Å². The Balaban J connectivity index is 1.45. The monoisotopic (exact) mass is 413 g/mol. The molecule has 1 aromatic carbocycles. The van der Waals surface area contributed by atoms with Crippen LogP contribution in [0.3, 0.4) is 0 Å². The van der Waals surface area contributed by atoms with E-state index in [2.05, 4.69) is 35.1 Å². The van der Waals surface area contributed by atoms with Gasteiger partial charge in [0.25, 0.3) is 0 Å². The van der Waals surface area contributed by atoms with E-state index >= 15 is 0 Å². The molecule has 1 aromatic heterocycles. The van der Waals surface area contributed by atoms with Gasteiger partial charge in [0, 0.05) is 48.4 Å². The lowest BCUT2D eigenvalue weighted by molar-refractivity contribution is -0.135. The molecule has 1 fully saturated rings. The largest absolute Gasteiger partial charge is 0.350 e. The van der Waals surface area contributed by atoms with Crippen molar-refractivity contribution in [3.63, 3.8) is 0 Å². The van der Waals surface area contributed by atoms with Crippen LogP contribution in [-0.4, -0.2) is 33.4 Å². The number of hydrogen-bond donors (Lipinski definition) is 1. The van der Waals surface area contributed by atoms with Crippen LogP contribution < -0.4 is 5.32 Å². The van der Waals surface area contributed by atoms with Crippen LogP contribution in [0.15, 0.2) is 42.6 Å². The number of halogens is 1. The first-order chi connectivity index (χ1) is 14.0. The normalized spacial score (nSPS) is 23.7. The van der Waals surface area contributed by atoms with Gasteiger partial charge in [0.05, 0.1) is 6.04 Å². The molecule has 29 heavy (non-hydrogen) atoms. The molecule has 2 aromatic rings. The third-order valence-corrected chi connectivity index (χ3v) is 6.63. The molecule has 0 saturated carbocycles. The van der Waals surface area contributed by atoms with E-state index in [9.17, 15) is 9.59 Å². The third-order valence-electron chi connectivity index (χ3n) is 6.38. The van der Waals surface area contributed by atoms with Crippen LogP contribution in [0.1, 0.15) is 56.3 Å². The zero-order chi connectivity index (χ0) is 20.4. The van der Waals surface area contributed by atoms with Gasteiger partial charge in [-0.25, -0.2) is 0 Å². The molecule has 0 unspecified atom stereocenters. The maximum absolute atomic E-state index is 13.2. The molecular formula is C23H28ClN3O2. The Kier molecular flexibility index (Phi) is 5.68. The zero-order valence-electron chi connectivity index (χ0n) is 16.9. The van der Waals surface area contributed by atoms with Crippen LogP contribution in [0.5, 0.6) is 0 Å². The summed E-state index contributed by atoms with van der Waals surface area (Å²) in [5, 5.41) is 3.88. The number of nitrogens with zero attached hydrogens (tertiary/aromatic N) is 2. The van der Waals surface area contributed by atoms with Gasteiger partial charge in [0.15, 0.2) is 0 Å². The van der Waals surface area contributed by atoms with Gasteiger partial charge in [-0.3, -0.25) is 9.59 Å². The quantitative estimate of drug-likeness (QED) is 0.774. The molecule has 4 rings (SSSR count). The minimum absolute atomic E-state index is 0.0775. The van der Waals surface area contributed by atoms with E-state index in [0.717, 1.165) is 37.9 Å². The summed E-state index contributed by atoms with van der Waals surface area (Å²) in [4.78, 5) is 27.2. The lowest BCUT2D eigenvalue weighted by Gasteiger charge is -2.37. The van der Waals surface area contributed by atoms with Crippen LogP contribution in [-0.2, 0) is 22.6 Å². The maximum Gasteiger partial charge on any atom is 0.223 e. The maximum atomic E-state index is 13.2. The van der Waals surface area contributed by atoms with Crippen LogP contribution in [0, 0.1) is 0 Å². The van der Waals surface area contributed by atoms with Gasteiger partial charge in [0.1, 0.15) is 0 Å². The fourth-order valence-corrected chi connectivity index (χ4v) is 4.98. The van der Waals surface area contributed by atoms with E-state index in [1.54, 1.807) is 0 Å². The van der Waals surface area contributed by atoms with E-state index in [1.165, 1.54) is 5.69 Å². The first-order valence-corrected chi connectivity index (χ1v) is 10.9. The van der Waals surface area contributed by atoms with E-state index in [-0.39, 0.29) is 23.4 Å². The van der Waals surface area contributed by atoms with Gasteiger partial charge in [-0.05, 0) is 55.5 Å². The van der Waals surface area contributed by atoms with Gasteiger partial charge in [-0.2, -0.15) is 0 Å². The molecule has 2 aliphatic heterocycles. The Morgan fingerprint density at radius 2 is 2.03 bits per heavy atom. The van der Waals surface area contributed by atoms with E-state index < -0.39 is 0 Å². The number of fused-ring (bicyclic) bond motifs is 1. The van der Waals surface area contributed by atoms with E-state index in [1.807, 2.05) is 29.2 Å². The molecule has 5 nitrogen and oxygen atoms in total. The standard InChI is InChI=1S/C23H28ClN3O2/c1-2-19-20-4-3-13-26(20)14-15-27(19)22(29)10-12-23(11-9-21(28)25-23)16-17-5-7-18(24)8-6-17/h3-8,13,19H,2,9-12,14-16H2,1H3,(H,25,28)/t19-,23-/m1/s1. The Labute approximate surface area is 177 Å². The molecule has 3 heterocycles. The van der Waals surface area contributed by atoms with Crippen molar-refractivity contribution in [1.82, 2.24) is 14.8 Å². The van der Waals surface area contributed by atoms with Crippen molar-refractivity contribution in [2.75, 3.05) is 6.54 Å². The molecule has 2 aliphatic rings. The van der Waals surface area contributed by atoms with Gasteiger partial charge < -0.3 is 14.8 Å². The molecular weight excluding hydrogens is 386 g/mol. The Hall–Kier alpha value is -2.27. The van der Waals surface area contributed by atoms with Crippen LogP contribution in [0.25, 0.3) is 0 Å². The molecule has 1 N–H and O–H groups in total. The summed E-state index contributed by atoms with van der Waals surface area (Å²) >= 11 is 6.01. The number of amides is 2. The number of carbonyl (C=O) groups is 2. The second kappa shape index (κ2) is 8.23. The summed E-state index contributed by atoms with van der Waals surface area (Å²) in [6.45, 7) is 3.72. The van der Waals surface area contributed by atoms with Crippen molar-refractivity contribution in [2.45, 2.75) is 63.6 Å². The predicted octanol–water partition coefficient (Wildman–Crippen LogP) is 4.11. The smallest absolute Gasteiger partial charge is 0.223 e. The molecule has 1 saturated heterocycles. The summed E-state index contributed by atoms with van der Waals surface area (Å²) in [7, 11) is 0. The van der Waals surface area contributed by atoms with Crippen LogP contribution in [0.2, 0.25) is 5.02 Å². The van der Waals surface area contributed by atoms with Gasteiger partial charge >= 0.3 is 0 Å². The second-order valence-electron chi connectivity index (χ2n) is 8.27. The van der Waals surface area contributed by atoms with E-state index in [4.69, 9.17) is 11.6 Å². The number of rotatable bonds is 6. The molecule has 154 valence electrons. The molecule has 0 radical (unpaired) electrons. The summed E-state index contributed by atoms with van der Waals surface area (Å²) in [5.74, 6) is 0.259. The highest BCUT2D eigenvalue weighted by atomic mass is 35.5. The fraction of sp³-hybridized carbons (Fsp3) is 0.478. The summed E-state index contributed by atoms with van der Waals surface area (Å²) < 4.78 is 2.25. The number of aromatic nitrogens is 1. The van der Waals surface area contributed by atoms with Crippen molar-refractivity contribution in [1.29, 1.82) is 0 Å². The number of benzene rings is 1. The molecule has 2 atom stereocenters. The predicted molar refractivity (Wildman–Crippen MR) is 114 cm³/mol. The van der Waals surface area contributed by atoms with Crippen molar-refractivity contribution < 1.29 is 9.59 Å². The molecule has 0 bridgehead atoms. The SMILES string of the molecule is CC[C@@H]1c2cccn2CCN1C(=O)CC[C@@]1(Cc2ccc(Cl)cc2)CCC(=O)N1. The van der Waals surface area contributed by atoms with Gasteiger partial charge in [-0.15, -0.1) is 0 Å². The third kappa shape index (κ3) is 4.20. The molecule has 0 aliphatic carbocycles.